The van der Waals surface area contributed by atoms with Gasteiger partial charge in [-0.05, 0) is 58.5 Å². The summed E-state index contributed by atoms with van der Waals surface area (Å²) in [6.07, 6.45) is -0.254. The van der Waals surface area contributed by atoms with Gasteiger partial charge in [-0.15, -0.1) is 0 Å². The number of ether oxygens (including phenoxy) is 2. The maximum absolute atomic E-state index is 13.4. The van der Waals surface area contributed by atoms with Crippen molar-refractivity contribution in [2.45, 2.75) is 83.4 Å². The zero-order valence-electron chi connectivity index (χ0n) is 17.7. The number of piperazine rings is 1. The van der Waals surface area contributed by atoms with Crippen LogP contribution in [0, 0.1) is 5.41 Å². The minimum absolute atomic E-state index is 0.0564. The molecule has 2 aliphatic rings. The highest BCUT2D eigenvalue weighted by atomic mass is 19.4. The van der Waals surface area contributed by atoms with Crippen molar-refractivity contribution in [3.63, 3.8) is 0 Å². The van der Waals surface area contributed by atoms with E-state index in [0.717, 1.165) is 25.7 Å². The van der Waals surface area contributed by atoms with Crippen molar-refractivity contribution < 1.29 is 22.6 Å². The Balaban J connectivity index is 1.85. The number of nitrogens with zero attached hydrogens (tertiary/aromatic N) is 2. The summed E-state index contributed by atoms with van der Waals surface area (Å²) < 4.78 is 51.8. The Kier molecular flexibility index (Phi) is 7.26. The highest BCUT2D eigenvalue weighted by molar-refractivity contribution is 4.90. The summed E-state index contributed by atoms with van der Waals surface area (Å²) in [6.45, 7) is 10.1. The molecule has 0 aromatic heterocycles. The van der Waals surface area contributed by atoms with Gasteiger partial charge in [0.15, 0.2) is 0 Å². The van der Waals surface area contributed by atoms with Crippen molar-refractivity contribution in [2.75, 3.05) is 40.3 Å². The van der Waals surface area contributed by atoms with E-state index in [-0.39, 0.29) is 23.7 Å². The summed E-state index contributed by atoms with van der Waals surface area (Å²) in [5.74, 6) is 0. The topological polar surface area (TPSA) is 24.9 Å². The second kappa shape index (κ2) is 8.56. The number of hydrogen-bond donors (Lipinski definition) is 0. The van der Waals surface area contributed by atoms with Crippen LogP contribution in [0.1, 0.15) is 53.4 Å². The molecule has 4 nitrogen and oxygen atoms in total. The summed E-state index contributed by atoms with van der Waals surface area (Å²) in [7, 11) is 3.48. The minimum atomic E-state index is -4.18. The van der Waals surface area contributed by atoms with E-state index in [1.807, 2.05) is 0 Å². The van der Waals surface area contributed by atoms with Crippen molar-refractivity contribution in [2.24, 2.45) is 5.41 Å². The molecule has 0 radical (unpaired) electrons. The van der Waals surface area contributed by atoms with Gasteiger partial charge in [0.25, 0.3) is 0 Å². The molecule has 1 atom stereocenters. The number of halogens is 3. The molecular formula is C20H37F3N2O2. The van der Waals surface area contributed by atoms with Crippen molar-refractivity contribution in [1.29, 1.82) is 0 Å². The molecule has 2 rings (SSSR count). The molecule has 1 unspecified atom stereocenters. The Morgan fingerprint density at radius 3 is 2.19 bits per heavy atom. The van der Waals surface area contributed by atoms with E-state index in [1.165, 1.54) is 0 Å². The van der Waals surface area contributed by atoms with E-state index in [0.29, 0.717) is 25.7 Å². The van der Waals surface area contributed by atoms with E-state index >= 15 is 0 Å². The van der Waals surface area contributed by atoms with Crippen molar-refractivity contribution >= 4 is 0 Å². The fraction of sp³-hybridized carbons (Fsp3) is 1.00. The van der Waals surface area contributed by atoms with Crippen LogP contribution in [-0.4, -0.2) is 80.2 Å². The van der Waals surface area contributed by atoms with E-state index in [9.17, 15) is 13.2 Å². The molecule has 0 aromatic carbocycles. The van der Waals surface area contributed by atoms with E-state index in [2.05, 4.69) is 27.7 Å². The lowest BCUT2D eigenvalue weighted by molar-refractivity contribution is -0.197. The number of hydrogen-bond acceptors (Lipinski definition) is 4. The van der Waals surface area contributed by atoms with Gasteiger partial charge < -0.3 is 14.4 Å². The maximum Gasteiger partial charge on any atom is 0.405 e. The van der Waals surface area contributed by atoms with Crippen molar-refractivity contribution in [1.82, 2.24) is 9.80 Å². The second-order valence-corrected chi connectivity index (χ2v) is 9.78. The minimum Gasteiger partial charge on any atom is -0.381 e. The third kappa shape index (κ3) is 6.87. The SMILES string of the molecule is COC1CC(OC(C)(C)CC(C)(C)CCN2CCN(C)CC2C(F)(F)F)C1. The highest BCUT2D eigenvalue weighted by Gasteiger charge is 2.46. The van der Waals surface area contributed by atoms with E-state index in [4.69, 9.17) is 9.47 Å². The molecule has 7 heteroatoms. The average molecular weight is 395 g/mol. The lowest BCUT2D eigenvalue weighted by Gasteiger charge is -2.44. The van der Waals surface area contributed by atoms with Crippen LogP contribution in [0.15, 0.2) is 0 Å². The monoisotopic (exact) mass is 394 g/mol. The molecule has 1 saturated heterocycles. The Morgan fingerprint density at radius 2 is 1.63 bits per heavy atom. The third-order valence-corrected chi connectivity index (χ3v) is 5.92. The second-order valence-electron chi connectivity index (χ2n) is 9.78. The molecule has 1 aliphatic heterocycles. The molecule has 27 heavy (non-hydrogen) atoms. The van der Waals surface area contributed by atoms with Gasteiger partial charge in [0, 0.05) is 26.7 Å². The maximum atomic E-state index is 13.4. The van der Waals surface area contributed by atoms with Gasteiger partial charge in [-0.3, -0.25) is 4.90 Å². The number of likely N-dealkylation sites (N-methyl/N-ethyl adjacent to an activating group) is 1. The van der Waals surface area contributed by atoms with Gasteiger partial charge in [0.05, 0.1) is 17.8 Å². The van der Waals surface area contributed by atoms with Crippen LogP contribution in [0.5, 0.6) is 0 Å². The molecule has 0 aromatic rings. The average Bonchev–Trinajstić information content (AvgIpc) is 2.47. The number of rotatable bonds is 8. The Morgan fingerprint density at radius 1 is 1.00 bits per heavy atom. The zero-order valence-corrected chi connectivity index (χ0v) is 17.7. The molecule has 0 amide bonds. The summed E-state index contributed by atoms with van der Waals surface area (Å²) in [6, 6.07) is -1.36. The predicted octanol–water partition coefficient (Wildman–Crippen LogP) is 3.94. The molecule has 1 saturated carbocycles. The molecule has 0 N–H and O–H groups in total. The van der Waals surface area contributed by atoms with Crippen LogP contribution in [0.25, 0.3) is 0 Å². The first-order valence-electron chi connectivity index (χ1n) is 10.0. The smallest absolute Gasteiger partial charge is 0.381 e. The molecule has 2 fully saturated rings. The predicted molar refractivity (Wildman–Crippen MR) is 101 cm³/mol. The molecule has 0 spiro atoms. The zero-order chi connectivity index (χ0) is 20.5. The molecule has 0 bridgehead atoms. The summed E-state index contributed by atoms with van der Waals surface area (Å²) >= 11 is 0. The third-order valence-electron chi connectivity index (χ3n) is 5.92. The molecule has 1 heterocycles. The van der Waals surface area contributed by atoms with Crippen LogP contribution in [0.2, 0.25) is 0 Å². The summed E-state index contributed by atoms with van der Waals surface area (Å²) in [5, 5.41) is 0. The number of alkyl halides is 3. The van der Waals surface area contributed by atoms with Crippen molar-refractivity contribution in [3.8, 4) is 0 Å². The Labute approximate surface area is 162 Å². The first-order valence-corrected chi connectivity index (χ1v) is 10.0. The fourth-order valence-electron chi connectivity index (χ4n) is 4.52. The van der Waals surface area contributed by atoms with Crippen LogP contribution < -0.4 is 0 Å². The standard InChI is InChI=1S/C20H37F3N2O2/c1-18(2,14-19(3,4)27-16-11-15(12-16)26-6)7-8-25-10-9-24(5)13-17(25)20(21,22)23/h15-17H,7-14H2,1-6H3. The van der Waals surface area contributed by atoms with Gasteiger partial charge in [-0.1, -0.05) is 13.8 Å². The van der Waals surface area contributed by atoms with Gasteiger partial charge in [0.2, 0.25) is 0 Å². The molecular weight excluding hydrogens is 357 g/mol. The van der Waals surface area contributed by atoms with Gasteiger partial charge in [-0.25, -0.2) is 0 Å². The van der Waals surface area contributed by atoms with E-state index in [1.54, 1.807) is 24.0 Å². The Hall–Kier alpha value is -0.370. The van der Waals surface area contributed by atoms with Crippen LogP contribution in [0.4, 0.5) is 13.2 Å². The lowest BCUT2D eigenvalue weighted by Crippen LogP contribution is -2.58. The first-order chi connectivity index (χ1) is 12.3. The summed E-state index contributed by atoms with van der Waals surface area (Å²) in [4.78, 5) is 3.38. The first kappa shape index (κ1) is 22.9. The van der Waals surface area contributed by atoms with Gasteiger partial charge in [0.1, 0.15) is 6.04 Å². The van der Waals surface area contributed by atoms with Gasteiger partial charge >= 0.3 is 6.18 Å². The quantitative estimate of drug-likeness (QED) is 0.623. The molecule has 1 aliphatic carbocycles. The van der Waals surface area contributed by atoms with Crippen molar-refractivity contribution in [3.05, 3.63) is 0 Å². The van der Waals surface area contributed by atoms with Crippen LogP contribution in [0.3, 0.4) is 0 Å². The normalized spacial score (nSPS) is 29.0. The van der Waals surface area contributed by atoms with Crippen LogP contribution in [-0.2, 0) is 9.47 Å². The Bertz CT molecular complexity index is 476. The lowest BCUT2D eigenvalue weighted by atomic mass is 9.78. The van der Waals surface area contributed by atoms with Crippen LogP contribution >= 0.6 is 0 Å². The fourth-order valence-corrected chi connectivity index (χ4v) is 4.52. The molecule has 160 valence electrons. The number of methoxy groups -OCH3 is 1. The highest BCUT2D eigenvalue weighted by Crippen LogP contribution is 2.38. The summed E-state index contributed by atoms with van der Waals surface area (Å²) in [5.41, 5.74) is -0.383. The van der Waals surface area contributed by atoms with Gasteiger partial charge in [-0.2, -0.15) is 13.2 Å². The largest absolute Gasteiger partial charge is 0.405 e. The van der Waals surface area contributed by atoms with E-state index < -0.39 is 12.2 Å².